The lowest BCUT2D eigenvalue weighted by molar-refractivity contribution is -0.156. The predicted octanol–water partition coefficient (Wildman–Crippen LogP) is 0.750. The average Bonchev–Trinajstić information content (AvgIpc) is 3.02. The minimum Gasteiger partial charge on any atom is -0.455 e. The van der Waals surface area contributed by atoms with Crippen LogP contribution < -0.4 is 4.90 Å². The number of ether oxygens (including phenoxy) is 2. The van der Waals surface area contributed by atoms with Gasteiger partial charge in [-0.2, -0.15) is 0 Å². The van der Waals surface area contributed by atoms with Crippen molar-refractivity contribution in [2.24, 2.45) is 5.92 Å². The van der Waals surface area contributed by atoms with E-state index in [0.29, 0.717) is 26.3 Å². The van der Waals surface area contributed by atoms with Crippen molar-refractivity contribution in [3.05, 3.63) is 29.8 Å². The van der Waals surface area contributed by atoms with Crippen LogP contribution in [0.25, 0.3) is 0 Å². The van der Waals surface area contributed by atoms with Crippen molar-refractivity contribution >= 4 is 23.5 Å². The van der Waals surface area contributed by atoms with E-state index in [4.69, 9.17) is 9.47 Å². The van der Waals surface area contributed by atoms with Gasteiger partial charge in [0.15, 0.2) is 6.61 Å². The maximum Gasteiger partial charge on any atom is 0.311 e. The zero-order chi connectivity index (χ0) is 17.8. The summed E-state index contributed by atoms with van der Waals surface area (Å²) in [6, 6.07) is 7.58. The highest BCUT2D eigenvalue weighted by Gasteiger charge is 2.36. The smallest absolute Gasteiger partial charge is 0.311 e. The molecule has 2 heterocycles. The Bertz CT molecular complexity index is 652. The molecule has 0 aromatic heterocycles. The molecule has 2 amide bonds. The van der Waals surface area contributed by atoms with Gasteiger partial charge in [0.25, 0.3) is 5.91 Å². The molecule has 7 nitrogen and oxygen atoms in total. The van der Waals surface area contributed by atoms with Crippen molar-refractivity contribution in [2.75, 3.05) is 44.4 Å². The van der Waals surface area contributed by atoms with Crippen LogP contribution in [0.5, 0.6) is 0 Å². The van der Waals surface area contributed by atoms with Crippen molar-refractivity contribution in [2.45, 2.75) is 13.3 Å². The zero-order valence-corrected chi connectivity index (χ0v) is 14.3. The van der Waals surface area contributed by atoms with Gasteiger partial charge in [0, 0.05) is 31.7 Å². The summed E-state index contributed by atoms with van der Waals surface area (Å²) in [5.41, 5.74) is 1.88. The summed E-state index contributed by atoms with van der Waals surface area (Å²) in [5.74, 6) is -1.36. The zero-order valence-electron chi connectivity index (χ0n) is 14.3. The van der Waals surface area contributed by atoms with Gasteiger partial charge in [0.1, 0.15) is 0 Å². The number of hydrogen-bond acceptors (Lipinski definition) is 5. The van der Waals surface area contributed by atoms with E-state index in [1.165, 1.54) is 0 Å². The fourth-order valence-corrected chi connectivity index (χ4v) is 2.99. The van der Waals surface area contributed by atoms with E-state index in [9.17, 15) is 14.4 Å². The van der Waals surface area contributed by atoms with Crippen molar-refractivity contribution in [3.63, 3.8) is 0 Å². The van der Waals surface area contributed by atoms with Gasteiger partial charge in [-0.25, -0.2) is 0 Å². The van der Waals surface area contributed by atoms with Gasteiger partial charge in [-0.15, -0.1) is 0 Å². The molecule has 0 aliphatic carbocycles. The Labute approximate surface area is 146 Å². The molecule has 0 radical (unpaired) electrons. The molecule has 1 atom stereocenters. The average molecular weight is 346 g/mol. The Morgan fingerprint density at radius 3 is 2.56 bits per heavy atom. The maximum absolute atomic E-state index is 12.2. The topological polar surface area (TPSA) is 76.2 Å². The Morgan fingerprint density at radius 1 is 1.20 bits per heavy atom. The molecule has 2 aliphatic heterocycles. The molecule has 2 saturated heterocycles. The van der Waals surface area contributed by atoms with Crippen LogP contribution in [0.15, 0.2) is 24.3 Å². The van der Waals surface area contributed by atoms with E-state index >= 15 is 0 Å². The van der Waals surface area contributed by atoms with Crippen molar-refractivity contribution in [1.29, 1.82) is 0 Å². The Morgan fingerprint density at radius 2 is 1.88 bits per heavy atom. The quantitative estimate of drug-likeness (QED) is 0.752. The second-order valence-corrected chi connectivity index (χ2v) is 6.34. The van der Waals surface area contributed by atoms with E-state index in [1.54, 1.807) is 9.80 Å². The van der Waals surface area contributed by atoms with Crippen LogP contribution in [0, 0.1) is 12.8 Å². The normalized spacial score (nSPS) is 20.7. The molecular formula is C18H22N2O5. The SMILES string of the molecule is Cc1ccc(N2C[C@@H](C(=O)OCC(=O)N3CCOCC3)CC2=O)cc1. The summed E-state index contributed by atoms with van der Waals surface area (Å²) in [6.45, 7) is 4.01. The van der Waals surface area contributed by atoms with Gasteiger partial charge in [-0.1, -0.05) is 17.7 Å². The van der Waals surface area contributed by atoms with Crippen molar-refractivity contribution in [1.82, 2.24) is 4.90 Å². The van der Waals surface area contributed by atoms with Crippen LogP contribution >= 0.6 is 0 Å². The monoisotopic (exact) mass is 346 g/mol. The molecule has 0 unspecified atom stereocenters. The third-order valence-corrected chi connectivity index (χ3v) is 4.51. The largest absolute Gasteiger partial charge is 0.455 e. The summed E-state index contributed by atoms with van der Waals surface area (Å²) in [6.07, 6.45) is 0.110. The number of esters is 1. The molecule has 0 saturated carbocycles. The van der Waals surface area contributed by atoms with Crippen LogP contribution in [0.2, 0.25) is 0 Å². The molecule has 134 valence electrons. The minimum atomic E-state index is -0.536. The third-order valence-electron chi connectivity index (χ3n) is 4.51. The molecule has 25 heavy (non-hydrogen) atoms. The lowest BCUT2D eigenvalue weighted by Crippen LogP contribution is -2.43. The van der Waals surface area contributed by atoms with Crippen molar-refractivity contribution in [3.8, 4) is 0 Å². The number of morpholine rings is 1. The molecule has 2 aliphatic rings. The van der Waals surface area contributed by atoms with Gasteiger partial charge < -0.3 is 19.3 Å². The highest BCUT2D eigenvalue weighted by Crippen LogP contribution is 2.26. The first-order chi connectivity index (χ1) is 12.0. The number of amides is 2. The van der Waals surface area contributed by atoms with E-state index < -0.39 is 11.9 Å². The van der Waals surface area contributed by atoms with E-state index in [1.807, 2.05) is 31.2 Å². The molecule has 0 spiro atoms. The fraction of sp³-hybridized carbons (Fsp3) is 0.500. The summed E-state index contributed by atoms with van der Waals surface area (Å²) in [4.78, 5) is 39.6. The predicted molar refractivity (Wildman–Crippen MR) is 90.0 cm³/mol. The number of carbonyl (C=O) groups is 3. The number of anilines is 1. The number of benzene rings is 1. The Hall–Kier alpha value is -2.41. The summed E-state index contributed by atoms with van der Waals surface area (Å²) in [7, 11) is 0. The molecule has 0 N–H and O–H groups in total. The Balaban J connectivity index is 1.52. The molecular weight excluding hydrogens is 324 g/mol. The van der Waals surface area contributed by atoms with Gasteiger partial charge >= 0.3 is 5.97 Å². The van der Waals surface area contributed by atoms with Gasteiger partial charge in [0.2, 0.25) is 5.91 Å². The number of carbonyl (C=O) groups excluding carboxylic acids is 3. The number of rotatable bonds is 4. The lowest BCUT2D eigenvalue weighted by atomic mass is 10.1. The number of nitrogens with zero attached hydrogens (tertiary/aromatic N) is 2. The Kier molecular flexibility index (Phi) is 5.33. The summed E-state index contributed by atoms with van der Waals surface area (Å²) < 4.78 is 10.3. The van der Waals surface area contributed by atoms with Gasteiger partial charge in [-0.05, 0) is 19.1 Å². The second-order valence-electron chi connectivity index (χ2n) is 6.34. The number of aryl methyl sites for hydroxylation is 1. The van der Waals surface area contributed by atoms with Crippen LogP contribution in [-0.4, -0.2) is 62.1 Å². The summed E-state index contributed by atoms with van der Waals surface area (Å²) in [5, 5.41) is 0. The van der Waals surface area contributed by atoms with E-state index in [-0.39, 0.29) is 31.4 Å². The number of hydrogen-bond donors (Lipinski definition) is 0. The lowest BCUT2D eigenvalue weighted by Gasteiger charge is -2.26. The van der Waals surface area contributed by atoms with Crippen LogP contribution in [0.4, 0.5) is 5.69 Å². The van der Waals surface area contributed by atoms with Crippen LogP contribution in [0.3, 0.4) is 0 Å². The highest BCUT2D eigenvalue weighted by atomic mass is 16.5. The van der Waals surface area contributed by atoms with Crippen molar-refractivity contribution < 1.29 is 23.9 Å². The maximum atomic E-state index is 12.2. The van der Waals surface area contributed by atoms with Crippen LogP contribution in [0.1, 0.15) is 12.0 Å². The first-order valence-corrected chi connectivity index (χ1v) is 8.44. The minimum absolute atomic E-state index is 0.106. The second kappa shape index (κ2) is 7.65. The molecule has 7 heteroatoms. The van der Waals surface area contributed by atoms with Crippen LogP contribution in [-0.2, 0) is 23.9 Å². The van der Waals surface area contributed by atoms with Gasteiger partial charge in [-0.3, -0.25) is 14.4 Å². The molecule has 1 aromatic rings. The van der Waals surface area contributed by atoms with Gasteiger partial charge in [0.05, 0.1) is 19.1 Å². The molecule has 1 aromatic carbocycles. The van der Waals surface area contributed by atoms with E-state index in [2.05, 4.69) is 0 Å². The highest BCUT2D eigenvalue weighted by molar-refractivity contribution is 5.99. The standard InChI is InChI=1S/C18H22N2O5/c1-13-2-4-15(5-3-13)20-11-14(10-16(20)21)18(23)25-12-17(22)19-6-8-24-9-7-19/h2-5,14H,6-12H2,1H3/t14-/m0/s1. The van der Waals surface area contributed by atoms with E-state index in [0.717, 1.165) is 11.3 Å². The fourth-order valence-electron chi connectivity index (χ4n) is 2.99. The first kappa shape index (κ1) is 17.4. The molecule has 0 bridgehead atoms. The molecule has 3 rings (SSSR count). The third kappa shape index (κ3) is 4.17. The first-order valence-electron chi connectivity index (χ1n) is 8.44. The molecule has 2 fully saturated rings. The summed E-state index contributed by atoms with van der Waals surface area (Å²) >= 11 is 0.